The zero-order valence-corrected chi connectivity index (χ0v) is 11.5. The van der Waals surface area contributed by atoms with Gasteiger partial charge in [-0.25, -0.2) is 4.39 Å². The molecule has 1 aliphatic rings. The van der Waals surface area contributed by atoms with Crippen LogP contribution in [0.3, 0.4) is 0 Å². The van der Waals surface area contributed by atoms with Crippen molar-refractivity contribution in [2.75, 3.05) is 26.7 Å². The van der Waals surface area contributed by atoms with Gasteiger partial charge in [-0.1, -0.05) is 0 Å². The second-order valence-electron chi connectivity index (χ2n) is 5.62. The number of halogens is 1. The number of aromatic hydroxyl groups is 1. The summed E-state index contributed by atoms with van der Waals surface area (Å²) in [4.78, 5) is 16.2. The molecule has 0 atom stereocenters. The Morgan fingerprint density at radius 2 is 2.05 bits per heavy atom. The molecule has 1 fully saturated rings. The maximum Gasteiger partial charge on any atom is 0.257 e. The highest BCUT2D eigenvalue weighted by atomic mass is 19.1. The molecule has 0 spiro atoms. The van der Waals surface area contributed by atoms with Crippen LogP contribution in [0.4, 0.5) is 4.39 Å². The number of piperazine rings is 1. The molecule has 2 rings (SSSR count). The van der Waals surface area contributed by atoms with E-state index in [2.05, 4.69) is 18.7 Å². The predicted octanol–water partition coefficient (Wildman–Crippen LogP) is 1.70. The predicted molar refractivity (Wildman–Crippen MR) is 70.7 cm³/mol. The molecule has 0 aromatic heterocycles. The van der Waals surface area contributed by atoms with Gasteiger partial charge in [0.05, 0.1) is 5.56 Å². The number of nitrogens with zero attached hydrogens (tertiary/aromatic N) is 2. The van der Waals surface area contributed by atoms with E-state index in [1.54, 1.807) is 4.90 Å². The molecule has 1 aliphatic heterocycles. The van der Waals surface area contributed by atoms with Crippen molar-refractivity contribution in [1.29, 1.82) is 0 Å². The fraction of sp³-hybridized carbons (Fsp3) is 0.500. The van der Waals surface area contributed by atoms with Crippen LogP contribution in [0.15, 0.2) is 18.2 Å². The van der Waals surface area contributed by atoms with Gasteiger partial charge in [0, 0.05) is 31.2 Å². The Kier molecular flexibility index (Phi) is 3.49. The SMILES string of the molecule is CN1CCN(C(=O)c2ccc(F)cc2O)CC1(C)C. The van der Waals surface area contributed by atoms with Crippen molar-refractivity contribution in [2.45, 2.75) is 19.4 Å². The molecule has 1 N–H and O–H groups in total. The summed E-state index contributed by atoms with van der Waals surface area (Å²) in [5, 5.41) is 9.68. The third-order valence-electron chi connectivity index (χ3n) is 3.79. The van der Waals surface area contributed by atoms with Crippen molar-refractivity contribution in [1.82, 2.24) is 9.80 Å². The molecular formula is C14H19FN2O2. The largest absolute Gasteiger partial charge is 0.507 e. The first kappa shape index (κ1) is 13.8. The van der Waals surface area contributed by atoms with E-state index in [9.17, 15) is 14.3 Å². The van der Waals surface area contributed by atoms with Crippen LogP contribution in [-0.4, -0.2) is 53.0 Å². The minimum absolute atomic E-state index is 0.108. The highest BCUT2D eigenvalue weighted by Gasteiger charge is 2.34. The van der Waals surface area contributed by atoms with E-state index in [1.165, 1.54) is 12.1 Å². The third-order valence-corrected chi connectivity index (χ3v) is 3.79. The Bertz CT molecular complexity index is 502. The number of carbonyl (C=O) groups is 1. The third kappa shape index (κ3) is 2.71. The van der Waals surface area contributed by atoms with Crippen molar-refractivity contribution in [2.24, 2.45) is 0 Å². The summed E-state index contributed by atoms with van der Waals surface area (Å²) >= 11 is 0. The summed E-state index contributed by atoms with van der Waals surface area (Å²) in [5.41, 5.74) is 0.0468. The van der Waals surface area contributed by atoms with Gasteiger partial charge < -0.3 is 10.0 Å². The number of phenolic OH excluding ortho intramolecular Hbond substituents is 1. The van der Waals surface area contributed by atoms with Crippen LogP contribution in [0.1, 0.15) is 24.2 Å². The zero-order chi connectivity index (χ0) is 14.2. The summed E-state index contributed by atoms with van der Waals surface area (Å²) in [6, 6.07) is 3.49. The molecule has 0 saturated carbocycles. The second kappa shape index (κ2) is 4.81. The first-order chi connectivity index (χ1) is 8.81. The van der Waals surface area contributed by atoms with Crippen molar-refractivity contribution >= 4 is 5.91 Å². The average molecular weight is 266 g/mol. The van der Waals surface area contributed by atoms with Crippen LogP contribution < -0.4 is 0 Å². The molecule has 1 aromatic carbocycles. The van der Waals surface area contributed by atoms with Crippen LogP contribution in [0.5, 0.6) is 5.75 Å². The first-order valence-corrected chi connectivity index (χ1v) is 6.30. The second-order valence-corrected chi connectivity index (χ2v) is 5.62. The quantitative estimate of drug-likeness (QED) is 0.841. The van der Waals surface area contributed by atoms with Crippen LogP contribution in [0.2, 0.25) is 0 Å². The fourth-order valence-electron chi connectivity index (χ4n) is 2.27. The number of likely N-dealkylation sites (N-methyl/N-ethyl adjacent to an activating group) is 1. The van der Waals surface area contributed by atoms with Crippen molar-refractivity contribution in [3.63, 3.8) is 0 Å². The van der Waals surface area contributed by atoms with E-state index in [-0.39, 0.29) is 22.8 Å². The van der Waals surface area contributed by atoms with E-state index in [4.69, 9.17) is 0 Å². The summed E-state index contributed by atoms with van der Waals surface area (Å²) in [5.74, 6) is -1.10. The van der Waals surface area contributed by atoms with Gasteiger partial charge in [0.15, 0.2) is 0 Å². The van der Waals surface area contributed by atoms with Gasteiger partial charge in [-0.2, -0.15) is 0 Å². The Hall–Kier alpha value is -1.62. The van der Waals surface area contributed by atoms with Crippen molar-refractivity contribution in [3.8, 4) is 5.75 Å². The monoisotopic (exact) mass is 266 g/mol. The van der Waals surface area contributed by atoms with Crippen molar-refractivity contribution < 1.29 is 14.3 Å². The molecule has 1 saturated heterocycles. The summed E-state index contributed by atoms with van der Waals surface area (Å²) < 4.78 is 12.9. The van der Waals surface area contributed by atoms with Gasteiger partial charge in [-0.15, -0.1) is 0 Å². The fourth-order valence-corrected chi connectivity index (χ4v) is 2.27. The van der Waals surface area contributed by atoms with E-state index >= 15 is 0 Å². The minimum atomic E-state index is -0.548. The lowest BCUT2D eigenvalue weighted by Gasteiger charge is -2.45. The summed E-state index contributed by atoms with van der Waals surface area (Å²) in [6.07, 6.45) is 0. The number of rotatable bonds is 1. The Balaban J connectivity index is 2.21. The highest BCUT2D eigenvalue weighted by molar-refractivity contribution is 5.96. The lowest BCUT2D eigenvalue weighted by molar-refractivity contribution is 0.0309. The van der Waals surface area contributed by atoms with E-state index in [0.717, 1.165) is 12.6 Å². The number of amides is 1. The Morgan fingerprint density at radius 3 is 2.63 bits per heavy atom. The van der Waals surface area contributed by atoms with Crippen LogP contribution in [-0.2, 0) is 0 Å². The Morgan fingerprint density at radius 1 is 1.37 bits per heavy atom. The van der Waals surface area contributed by atoms with Gasteiger partial charge in [0.25, 0.3) is 5.91 Å². The minimum Gasteiger partial charge on any atom is -0.507 e. The van der Waals surface area contributed by atoms with E-state index in [1.807, 2.05) is 7.05 Å². The molecule has 0 aliphatic carbocycles. The molecule has 0 bridgehead atoms. The average Bonchev–Trinajstić information content (AvgIpc) is 2.32. The maximum atomic E-state index is 12.9. The molecule has 1 heterocycles. The topological polar surface area (TPSA) is 43.8 Å². The molecule has 0 radical (unpaired) electrons. The molecule has 5 heteroatoms. The van der Waals surface area contributed by atoms with Gasteiger partial charge in [-0.3, -0.25) is 9.69 Å². The molecule has 4 nitrogen and oxygen atoms in total. The van der Waals surface area contributed by atoms with Crippen molar-refractivity contribution in [3.05, 3.63) is 29.6 Å². The zero-order valence-electron chi connectivity index (χ0n) is 11.5. The molecule has 1 amide bonds. The van der Waals surface area contributed by atoms with Gasteiger partial charge >= 0.3 is 0 Å². The summed E-state index contributed by atoms with van der Waals surface area (Å²) in [6.45, 7) is 6.10. The normalized spacial score (nSPS) is 19.5. The smallest absolute Gasteiger partial charge is 0.257 e. The number of hydrogen-bond acceptors (Lipinski definition) is 3. The molecule has 0 unspecified atom stereocenters. The number of hydrogen-bond donors (Lipinski definition) is 1. The van der Waals surface area contributed by atoms with E-state index in [0.29, 0.717) is 13.1 Å². The van der Waals surface area contributed by atoms with Crippen LogP contribution >= 0.6 is 0 Å². The number of benzene rings is 1. The lowest BCUT2D eigenvalue weighted by Crippen LogP contribution is -2.58. The number of carbonyl (C=O) groups excluding carboxylic acids is 1. The lowest BCUT2D eigenvalue weighted by atomic mass is 9.99. The van der Waals surface area contributed by atoms with Gasteiger partial charge in [0.2, 0.25) is 0 Å². The maximum absolute atomic E-state index is 12.9. The number of phenols is 1. The van der Waals surface area contributed by atoms with Crippen LogP contribution in [0.25, 0.3) is 0 Å². The van der Waals surface area contributed by atoms with Crippen LogP contribution in [0, 0.1) is 5.82 Å². The van der Waals surface area contributed by atoms with Gasteiger partial charge in [0.1, 0.15) is 11.6 Å². The van der Waals surface area contributed by atoms with Gasteiger partial charge in [-0.05, 0) is 33.0 Å². The molecule has 19 heavy (non-hydrogen) atoms. The first-order valence-electron chi connectivity index (χ1n) is 6.30. The standard InChI is InChI=1S/C14H19FN2O2/c1-14(2)9-17(7-6-16(14)3)13(19)11-5-4-10(15)8-12(11)18/h4-5,8,18H,6-7,9H2,1-3H3. The molecule has 104 valence electrons. The van der Waals surface area contributed by atoms with E-state index < -0.39 is 5.82 Å². The summed E-state index contributed by atoms with van der Waals surface area (Å²) in [7, 11) is 2.02. The Labute approximate surface area is 112 Å². The highest BCUT2D eigenvalue weighted by Crippen LogP contribution is 2.24. The molecular weight excluding hydrogens is 247 g/mol. The molecule has 1 aromatic rings.